The lowest BCUT2D eigenvalue weighted by Gasteiger charge is -2.27. The Morgan fingerprint density at radius 2 is 1.90 bits per heavy atom. The molecule has 1 N–H and O–H groups in total. The zero-order valence-electron chi connectivity index (χ0n) is 13.6. The summed E-state index contributed by atoms with van der Waals surface area (Å²) in [6.07, 6.45) is 0. The van der Waals surface area contributed by atoms with Crippen LogP contribution in [-0.2, 0) is 7.05 Å². The van der Waals surface area contributed by atoms with E-state index in [1.165, 1.54) is 0 Å². The SMILES string of the molecule is CC(C)C(CN(C)C)Nc1cc(=O)n(C)c2ccccc12. The summed E-state index contributed by atoms with van der Waals surface area (Å²) in [5, 5.41) is 4.65. The van der Waals surface area contributed by atoms with E-state index in [2.05, 4.69) is 44.2 Å². The number of rotatable bonds is 5. The largest absolute Gasteiger partial charge is 0.380 e. The normalized spacial score (nSPS) is 13.1. The molecule has 2 rings (SSSR count). The third-order valence-corrected chi connectivity index (χ3v) is 3.86. The number of anilines is 1. The summed E-state index contributed by atoms with van der Waals surface area (Å²) in [6, 6.07) is 10.0. The van der Waals surface area contributed by atoms with Crippen LogP contribution in [0.5, 0.6) is 0 Å². The Balaban J connectivity index is 2.46. The van der Waals surface area contributed by atoms with Gasteiger partial charge in [-0.1, -0.05) is 32.0 Å². The molecule has 1 aromatic carbocycles. The Hall–Kier alpha value is -1.81. The van der Waals surface area contributed by atoms with Gasteiger partial charge in [0, 0.05) is 36.8 Å². The third-order valence-electron chi connectivity index (χ3n) is 3.86. The molecule has 0 bridgehead atoms. The van der Waals surface area contributed by atoms with Gasteiger partial charge in [0.15, 0.2) is 0 Å². The van der Waals surface area contributed by atoms with Gasteiger partial charge in [-0.05, 0) is 26.1 Å². The highest BCUT2D eigenvalue weighted by atomic mass is 16.1. The highest BCUT2D eigenvalue weighted by molar-refractivity contribution is 5.91. The highest BCUT2D eigenvalue weighted by Gasteiger charge is 2.16. The van der Waals surface area contributed by atoms with Crippen molar-refractivity contribution in [1.29, 1.82) is 0 Å². The number of aryl methyl sites for hydroxylation is 1. The molecule has 1 unspecified atom stereocenters. The summed E-state index contributed by atoms with van der Waals surface area (Å²) >= 11 is 0. The van der Waals surface area contributed by atoms with Gasteiger partial charge in [0.1, 0.15) is 0 Å². The second-order valence-electron chi connectivity index (χ2n) is 6.23. The Morgan fingerprint density at radius 1 is 1.24 bits per heavy atom. The minimum absolute atomic E-state index is 0.0172. The maximum atomic E-state index is 12.1. The molecule has 1 atom stereocenters. The van der Waals surface area contributed by atoms with Gasteiger partial charge < -0.3 is 14.8 Å². The lowest BCUT2D eigenvalue weighted by Crippen LogP contribution is -2.37. The van der Waals surface area contributed by atoms with Crippen LogP contribution >= 0.6 is 0 Å². The topological polar surface area (TPSA) is 37.3 Å². The average molecular weight is 287 g/mol. The van der Waals surface area contributed by atoms with Gasteiger partial charge in [0.05, 0.1) is 5.52 Å². The van der Waals surface area contributed by atoms with Crippen LogP contribution in [0.1, 0.15) is 13.8 Å². The number of fused-ring (bicyclic) bond motifs is 1. The molecular weight excluding hydrogens is 262 g/mol. The Morgan fingerprint density at radius 3 is 2.52 bits per heavy atom. The van der Waals surface area contributed by atoms with E-state index in [9.17, 15) is 4.79 Å². The van der Waals surface area contributed by atoms with Crippen LogP contribution in [0.4, 0.5) is 5.69 Å². The lowest BCUT2D eigenvalue weighted by molar-refractivity contribution is 0.345. The maximum Gasteiger partial charge on any atom is 0.252 e. The second kappa shape index (κ2) is 6.31. The Kier molecular flexibility index (Phi) is 4.68. The molecule has 0 aliphatic heterocycles. The standard InChI is InChI=1S/C17H25N3O/c1-12(2)15(11-19(3)4)18-14-10-17(21)20(5)16-9-7-6-8-13(14)16/h6-10,12,15,18H,11H2,1-5H3. The van der Waals surface area contributed by atoms with Crippen LogP contribution in [-0.4, -0.2) is 36.1 Å². The van der Waals surface area contributed by atoms with Gasteiger partial charge in [-0.2, -0.15) is 0 Å². The quantitative estimate of drug-likeness (QED) is 0.918. The van der Waals surface area contributed by atoms with Crippen LogP contribution in [0.3, 0.4) is 0 Å². The number of nitrogens with one attached hydrogen (secondary N) is 1. The molecule has 1 aromatic heterocycles. The number of pyridine rings is 1. The zero-order chi connectivity index (χ0) is 15.6. The lowest BCUT2D eigenvalue weighted by atomic mass is 10.0. The minimum Gasteiger partial charge on any atom is -0.380 e. The van der Waals surface area contributed by atoms with Crippen LogP contribution in [0, 0.1) is 5.92 Å². The van der Waals surface area contributed by atoms with E-state index in [1.807, 2.05) is 25.2 Å². The van der Waals surface area contributed by atoms with E-state index in [4.69, 9.17) is 0 Å². The molecule has 0 fully saturated rings. The van der Waals surface area contributed by atoms with Crippen molar-refractivity contribution < 1.29 is 0 Å². The van der Waals surface area contributed by atoms with Gasteiger partial charge >= 0.3 is 0 Å². The zero-order valence-corrected chi connectivity index (χ0v) is 13.6. The molecule has 0 aliphatic rings. The first kappa shape index (κ1) is 15.6. The molecule has 1 heterocycles. The molecule has 0 saturated heterocycles. The smallest absolute Gasteiger partial charge is 0.252 e. The highest BCUT2D eigenvalue weighted by Crippen LogP contribution is 2.22. The van der Waals surface area contributed by atoms with Crippen molar-refractivity contribution in [2.75, 3.05) is 26.0 Å². The minimum atomic E-state index is 0.0172. The fourth-order valence-electron chi connectivity index (χ4n) is 2.55. The molecule has 0 radical (unpaired) electrons. The number of para-hydroxylation sites is 1. The summed E-state index contributed by atoms with van der Waals surface area (Å²) in [6.45, 7) is 5.33. The number of aromatic nitrogens is 1. The van der Waals surface area contributed by atoms with Crippen molar-refractivity contribution in [3.63, 3.8) is 0 Å². The molecule has 0 saturated carbocycles. The predicted octanol–water partition coefficient (Wildman–Crippen LogP) is 2.54. The van der Waals surface area contributed by atoms with Crippen molar-refractivity contribution >= 4 is 16.6 Å². The molecule has 4 heteroatoms. The van der Waals surface area contributed by atoms with E-state index in [0.717, 1.165) is 23.1 Å². The Labute approximate surface area is 126 Å². The summed E-state index contributed by atoms with van der Waals surface area (Å²) in [7, 11) is 5.95. The first-order valence-corrected chi connectivity index (χ1v) is 7.40. The summed E-state index contributed by atoms with van der Waals surface area (Å²) in [4.78, 5) is 14.3. The van der Waals surface area contributed by atoms with Gasteiger partial charge in [-0.3, -0.25) is 4.79 Å². The number of hydrogen-bond acceptors (Lipinski definition) is 3. The number of nitrogens with zero attached hydrogens (tertiary/aromatic N) is 2. The van der Waals surface area contributed by atoms with Gasteiger partial charge in [0.2, 0.25) is 0 Å². The molecule has 114 valence electrons. The van der Waals surface area contributed by atoms with Crippen LogP contribution < -0.4 is 10.9 Å². The number of likely N-dealkylation sites (N-methyl/N-ethyl adjacent to an activating group) is 1. The van der Waals surface area contributed by atoms with Crippen molar-refractivity contribution in [2.24, 2.45) is 13.0 Å². The van der Waals surface area contributed by atoms with E-state index >= 15 is 0 Å². The molecule has 2 aromatic rings. The van der Waals surface area contributed by atoms with Gasteiger partial charge in [0.25, 0.3) is 5.56 Å². The van der Waals surface area contributed by atoms with Crippen LogP contribution in [0.2, 0.25) is 0 Å². The van der Waals surface area contributed by atoms with Crippen molar-refractivity contribution in [3.8, 4) is 0 Å². The fourth-order valence-corrected chi connectivity index (χ4v) is 2.55. The summed E-state index contributed by atoms with van der Waals surface area (Å²) in [5.41, 5.74) is 1.90. The van der Waals surface area contributed by atoms with Gasteiger partial charge in [-0.15, -0.1) is 0 Å². The molecule has 0 aliphatic carbocycles. The molecule has 21 heavy (non-hydrogen) atoms. The monoisotopic (exact) mass is 287 g/mol. The molecular formula is C17H25N3O. The van der Waals surface area contributed by atoms with Gasteiger partial charge in [-0.25, -0.2) is 0 Å². The molecule has 4 nitrogen and oxygen atoms in total. The predicted molar refractivity (Wildman–Crippen MR) is 90.0 cm³/mol. The summed E-state index contributed by atoms with van der Waals surface area (Å²) in [5.74, 6) is 0.482. The van der Waals surface area contributed by atoms with Crippen LogP contribution in [0.25, 0.3) is 10.9 Å². The van der Waals surface area contributed by atoms with E-state index in [-0.39, 0.29) is 5.56 Å². The third kappa shape index (κ3) is 3.45. The first-order chi connectivity index (χ1) is 9.90. The number of benzene rings is 1. The molecule has 0 amide bonds. The average Bonchev–Trinajstić information content (AvgIpc) is 2.43. The van der Waals surface area contributed by atoms with Crippen molar-refractivity contribution in [2.45, 2.75) is 19.9 Å². The fraction of sp³-hybridized carbons (Fsp3) is 0.471. The van der Waals surface area contributed by atoms with Crippen LogP contribution in [0.15, 0.2) is 35.1 Å². The van der Waals surface area contributed by atoms with Crippen molar-refractivity contribution in [1.82, 2.24) is 9.47 Å². The summed E-state index contributed by atoms with van der Waals surface area (Å²) < 4.78 is 1.69. The maximum absolute atomic E-state index is 12.1. The molecule has 0 spiro atoms. The number of hydrogen-bond donors (Lipinski definition) is 1. The van der Waals surface area contributed by atoms with E-state index < -0.39 is 0 Å². The first-order valence-electron chi connectivity index (χ1n) is 7.40. The van der Waals surface area contributed by atoms with E-state index in [1.54, 1.807) is 10.6 Å². The Bertz CT molecular complexity index is 673. The second-order valence-corrected chi connectivity index (χ2v) is 6.23. The van der Waals surface area contributed by atoms with E-state index in [0.29, 0.717) is 12.0 Å². The van der Waals surface area contributed by atoms with Crippen molar-refractivity contribution in [3.05, 3.63) is 40.7 Å².